The summed E-state index contributed by atoms with van der Waals surface area (Å²) in [6, 6.07) is 0. The van der Waals surface area contributed by atoms with Crippen LogP contribution in [0.3, 0.4) is 0 Å². The third kappa shape index (κ3) is 9.80. The Balaban J connectivity index is 3.05. The van der Waals surface area contributed by atoms with Gasteiger partial charge in [-0.25, -0.2) is 0 Å². The van der Waals surface area contributed by atoms with E-state index < -0.39 is 0 Å². The van der Waals surface area contributed by atoms with Crippen molar-refractivity contribution in [3.8, 4) is 0 Å². The lowest BCUT2D eigenvalue weighted by Gasteiger charge is -2.15. The second kappa shape index (κ2) is 9.96. The largest absolute Gasteiger partial charge is 0.394 e. The molecule has 1 N–H and O–H groups in total. The molecular weight excluding hydrogens is 166 g/mol. The first-order valence-electron chi connectivity index (χ1n) is 5.18. The molecule has 0 aromatic heterocycles. The molecule has 13 heavy (non-hydrogen) atoms. The van der Waals surface area contributed by atoms with Crippen LogP contribution in [0.4, 0.5) is 0 Å². The average Bonchev–Trinajstić information content (AvgIpc) is 2.13. The van der Waals surface area contributed by atoms with Crippen molar-refractivity contribution < 1.29 is 9.84 Å². The summed E-state index contributed by atoms with van der Waals surface area (Å²) in [6.07, 6.45) is 3.85. The van der Waals surface area contributed by atoms with Crippen molar-refractivity contribution in [3.05, 3.63) is 0 Å². The van der Waals surface area contributed by atoms with Gasteiger partial charge in [-0.2, -0.15) is 0 Å². The fraction of sp³-hybridized carbons (Fsp3) is 1.00. The van der Waals surface area contributed by atoms with Crippen molar-refractivity contribution in [1.82, 2.24) is 4.90 Å². The topological polar surface area (TPSA) is 32.7 Å². The third-order valence-electron chi connectivity index (χ3n) is 2.00. The molecule has 0 rings (SSSR count). The molecule has 3 heteroatoms. The van der Waals surface area contributed by atoms with Gasteiger partial charge >= 0.3 is 0 Å². The quantitative estimate of drug-likeness (QED) is 0.552. The lowest BCUT2D eigenvalue weighted by Crippen LogP contribution is -2.24. The summed E-state index contributed by atoms with van der Waals surface area (Å²) in [5.74, 6) is 0. The fourth-order valence-corrected chi connectivity index (χ4v) is 1.13. The lowest BCUT2D eigenvalue weighted by atomic mass is 10.2. The van der Waals surface area contributed by atoms with Crippen LogP contribution in [-0.2, 0) is 4.74 Å². The standard InChI is InChI=1S/C10H23NO2/c1-3-4-5-6-11(2)7-9-13-10-8-12/h12H,3-10H2,1-2H3. The molecule has 0 saturated carbocycles. The van der Waals surface area contributed by atoms with Crippen LogP contribution < -0.4 is 0 Å². The minimum atomic E-state index is 0.125. The highest BCUT2D eigenvalue weighted by Crippen LogP contribution is 1.95. The number of hydrogen-bond acceptors (Lipinski definition) is 3. The predicted molar refractivity (Wildman–Crippen MR) is 54.9 cm³/mol. The van der Waals surface area contributed by atoms with Crippen LogP contribution in [0.5, 0.6) is 0 Å². The van der Waals surface area contributed by atoms with Crippen molar-refractivity contribution in [2.24, 2.45) is 0 Å². The number of ether oxygens (including phenoxy) is 1. The van der Waals surface area contributed by atoms with E-state index in [1.807, 2.05) is 0 Å². The summed E-state index contributed by atoms with van der Waals surface area (Å²) >= 11 is 0. The molecule has 0 fully saturated rings. The van der Waals surface area contributed by atoms with Crippen LogP contribution in [-0.4, -0.2) is 50.0 Å². The average molecular weight is 189 g/mol. The van der Waals surface area contributed by atoms with Crippen LogP contribution in [0, 0.1) is 0 Å². The molecule has 0 heterocycles. The van der Waals surface area contributed by atoms with E-state index in [9.17, 15) is 0 Å². The van der Waals surface area contributed by atoms with Gasteiger partial charge in [-0.3, -0.25) is 0 Å². The molecule has 80 valence electrons. The minimum Gasteiger partial charge on any atom is -0.394 e. The number of aliphatic hydroxyl groups excluding tert-OH is 1. The normalized spacial score (nSPS) is 11.1. The van der Waals surface area contributed by atoms with Gasteiger partial charge in [0.15, 0.2) is 0 Å². The zero-order valence-electron chi connectivity index (χ0n) is 8.96. The molecule has 0 aromatic carbocycles. The maximum atomic E-state index is 8.47. The molecule has 0 aliphatic heterocycles. The number of aliphatic hydroxyl groups is 1. The Labute approximate surface area is 81.7 Å². The lowest BCUT2D eigenvalue weighted by molar-refractivity contribution is 0.0781. The Hall–Kier alpha value is -0.120. The highest BCUT2D eigenvalue weighted by molar-refractivity contribution is 4.50. The van der Waals surface area contributed by atoms with Crippen LogP contribution in [0.15, 0.2) is 0 Å². The first-order chi connectivity index (χ1) is 6.31. The number of likely N-dealkylation sites (N-methyl/N-ethyl adjacent to an activating group) is 1. The van der Waals surface area contributed by atoms with E-state index in [-0.39, 0.29) is 6.61 Å². The van der Waals surface area contributed by atoms with E-state index in [1.54, 1.807) is 0 Å². The second-order valence-corrected chi connectivity index (χ2v) is 3.35. The molecule has 0 radical (unpaired) electrons. The minimum absolute atomic E-state index is 0.125. The summed E-state index contributed by atoms with van der Waals surface area (Å²) < 4.78 is 5.17. The van der Waals surface area contributed by atoms with E-state index in [0.29, 0.717) is 6.61 Å². The van der Waals surface area contributed by atoms with Gasteiger partial charge in [-0.1, -0.05) is 19.8 Å². The smallest absolute Gasteiger partial charge is 0.0698 e. The first-order valence-corrected chi connectivity index (χ1v) is 5.18. The SMILES string of the molecule is CCCCCN(C)CCOCCO. The highest BCUT2D eigenvalue weighted by atomic mass is 16.5. The fourth-order valence-electron chi connectivity index (χ4n) is 1.13. The monoisotopic (exact) mass is 189 g/mol. The Morgan fingerprint density at radius 2 is 1.92 bits per heavy atom. The van der Waals surface area contributed by atoms with E-state index in [4.69, 9.17) is 9.84 Å². The van der Waals surface area contributed by atoms with Crippen molar-refractivity contribution >= 4 is 0 Å². The van der Waals surface area contributed by atoms with E-state index in [0.717, 1.165) is 19.7 Å². The Morgan fingerprint density at radius 1 is 1.15 bits per heavy atom. The molecule has 0 aliphatic rings. The molecule has 0 amide bonds. The van der Waals surface area contributed by atoms with E-state index >= 15 is 0 Å². The summed E-state index contributed by atoms with van der Waals surface area (Å²) in [4.78, 5) is 2.27. The molecule has 0 unspecified atom stereocenters. The van der Waals surface area contributed by atoms with Crippen LogP contribution in [0.1, 0.15) is 26.2 Å². The van der Waals surface area contributed by atoms with Gasteiger partial charge in [0.2, 0.25) is 0 Å². The molecule has 3 nitrogen and oxygen atoms in total. The van der Waals surface area contributed by atoms with Gasteiger partial charge in [-0.15, -0.1) is 0 Å². The van der Waals surface area contributed by atoms with Gasteiger partial charge in [0, 0.05) is 6.54 Å². The summed E-state index contributed by atoms with van der Waals surface area (Å²) in [5.41, 5.74) is 0. The zero-order chi connectivity index (χ0) is 9.94. The van der Waals surface area contributed by atoms with Crippen LogP contribution in [0.2, 0.25) is 0 Å². The van der Waals surface area contributed by atoms with Crippen molar-refractivity contribution in [1.29, 1.82) is 0 Å². The predicted octanol–water partition coefficient (Wildman–Crippen LogP) is 1.12. The summed E-state index contributed by atoms with van der Waals surface area (Å²) in [7, 11) is 2.11. The molecular formula is C10H23NO2. The maximum Gasteiger partial charge on any atom is 0.0698 e. The second-order valence-electron chi connectivity index (χ2n) is 3.35. The van der Waals surface area contributed by atoms with E-state index in [2.05, 4.69) is 18.9 Å². The number of nitrogens with zero attached hydrogens (tertiary/aromatic N) is 1. The molecule has 0 aliphatic carbocycles. The highest BCUT2D eigenvalue weighted by Gasteiger charge is 1.96. The molecule has 0 saturated heterocycles. The zero-order valence-corrected chi connectivity index (χ0v) is 8.96. The van der Waals surface area contributed by atoms with Gasteiger partial charge in [0.1, 0.15) is 0 Å². The van der Waals surface area contributed by atoms with Gasteiger partial charge in [0.05, 0.1) is 19.8 Å². The summed E-state index contributed by atoms with van der Waals surface area (Å²) in [6.45, 7) is 5.63. The Bertz CT molecular complexity index is 98.9. The number of unbranched alkanes of at least 4 members (excludes halogenated alkanes) is 2. The first kappa shape index (κ1) is 12.9. The third-order valence-corrected chi connectivity index (χ3v) is 2.00. The molecule has 0 atom stereocenters. The Kier molecular flexibility index (Phi) is 9.87. The molecule has 0 spiro atoms. The molecule has 0 bridgehead atoms. The van der Waals surface area contributed by atoms with Crippen LogP contribution in [0.25, 0.3) is 0 Å². The van der Waals surface area contributed by atoms with Crippen molar-refractivity contribution in [2.75, 3.05) is 40.0 Å². The Morgan fingerprint density at radius 3 is 2.54 bits per heavy atom. The molecule has 0 aromatic rings. The number of rotatable bonds is 9. The number of hydrogen-bond donors (Lipinski definition) is 1. The van der Waals surface area contributed by atoms with Crippen LogP contribution >= 0.6 is 0 Å². The van der Waals surface area contributed by atoms with Gasteiger partial charge in [-0.05, 0) is 20.0 Å². The van der Waals surface area contributed by atoms with Gasteiger partial charge in [0.25, 0.3) is 0 Å². The van der Waals surface area contributed by atoms with Gasteiger partial charge < -0.3 is 14.7 Å². The summed E-state index contributed by atoms with van der Waals surface area (Å²) in [5, 5.41) is 8.47. The maximum absolute atomic E-state index is 8.47. The van der Waals surface area contributed by atoms with Crippen molar-refractivity contribution in [2.45, 2.75) is 26.2 Å². The van der Waals surface area contributed by atoms with E-state index in [1.165, 1.54) is 19.3 Å². The van der Waals surface area contributed by atoms with Crippen molar-refractivity contribution in [3.63, 3.8) is 0 Å².